The number of carbonyl (C=O) groups excluding carboxylic acids is 3. The van der Waals surface area contributed by atoms with Crippen LogP contribution in [0.2, 0.25) is 0 Å². The molecule has 0 saturated carbocycles. The van der Waals surface area contributed by atoms with Gasteiger partial charge in [-0.25, -0.2) is 19.0 Å². The largest absolute Gasteiger partial charge is 0.497 e. The Morgan fingerprint density at radius 2 is 1.84 bits per heavy atom. The summed E-state index contributed by atoms with van der Waals surface area (Å²) in [5, 5.41) is 4.51. The molecule has 1 aliphatic heterocycles. The van der Waals surface area contributed by atoms with Crippen molar-refractivity contribution >= 4 is 35.1 Å². The van der Waals surface area contributed by atoms with Gasteiger partial charge in [-0.1, -0.05) is 12.1 Å². The number of amides is 3. The minimum absolute atomic E-state index is 0.0574. The second kappa shape index (κ2) is 10.0. The van der Waals surface area contributed by atoms with Gasteiger partial charge in [0, 0.05) is 12.3 Å². The van der Waals surface area contributed by atoms with Crippen molar-refractivity contribution in [1.29, 1.82) is 0 Å². The van der Waals surface area contributed by atoms with Crippen LogP contribution in [-0.4, -0.2) is 43.2 Å². The number of urea groups is 1. The van der Waals surface area contributed by atoms with E-state index >= 15 is 0 Å². The lowest BCUT2D eigenvalue weighted by Crippen LogP contribution is -2.50. The Kier molecular flexibility index (Phi) is 6.87. The van der Waals surface area contributed by atoms with E-state index in [9.17, 15) is 27.6 Å². The molecule has 13 heteroatoms. The Balaban J connectivity index is 1.63. The van der Waals surface area contributed by atoms with Crippen LogP contribution in [0.3, 0.4) is 0 Å². The molecule has 0 unspecified atom stereocenters. The number of esters is 1. The highest BCUT2D eigenvalue weighted by molar-refractivity contribution is 6.05. The van der Waals surface area contributed by atoms with Gasteiger partial charge in [-0.3, -0.25) is 15.0 Å². The van der Waals surface area contributed by atoms with Crippen LogP contribution in [0.15, 0.2) is 54.7 Å². The van der Waals surface area contributed by atoms with Crippen LogP contribution < -0.4 is 25.0 Å². The smallest absolute Gasteiger partial charge is 0.482 e. The predicted molar refractivity (Wildman–Crippen MR) is 124 cm³/mol. The van der Waals surface area contributed by atoms with Crippen molar-refractivity contribution in [1.82, 2.24) is 4.98 Å². The molecule has 0 fully saturated rings. The van der Waals surface area contributed by atoms with E-state index in [1.165, 1.54) is 25.4 Å². The molecule has 3 aromatic rings. The molecule has 1 aromatic heterocycles. The molecule has 0 spiro atoms. The molecule has 192 valence electrons. The standard InChI is InChI=1S/C24H19F3N4O6/c1-35-14-7-5-13(6-8-14)12-31-18-11-17(16(25)10-19(18)37-24(26,27)22(31)33)29-23(34)30-20-15(21(32)36-2)4-3-9-28-20/h3-11H,12H2,1-2H3,(H2,28,29,30,34). The molecule has 0 bridgehead atoms. The fraction of sp³-hybridized carbons (Fsp3) is 0.167. The van der Waals surface area contributed by atoms with Crippen LogP contribution in [0.4, 0.5) is 35.2 Å². The van der Waals surface area contributed by atoms with Crippen molar-refractivity contribution in [3.63, 3.8) is 0 Å². The van der Waals surface area contributed by atoms with E-state index in [4.69, 9.17) is 4.74 Å². The molecule has 37 heavy (non-hydrogen) atoms. The summed E-state index contributed by atoms with van der Waals surface area (Å²) in [6.45, 7) is -0.303. The second-order valence-corrected chi connectivity index (χ2v) is 7.63. The van der Waals surface area contributed by atoms with Gasteiger partial charge >= 0.3 is 24.0 Å². The molecule has 0 atom stereocenters. The van der Waals surface area contributed by atoms with Gasteiger partial charge in [0.2, 0.25) is 0 Å². The SMILES string of the molecule is COC(=O)c1cccnc1NC(=O)Nc1cc2c(cc1F)OC(F)(F)C(=O)N2Cc1ccc(OC)cc1. The number of aromatic nitrogens is 1. The molecular weight excluding hydrogens is 497 g/mol. The number of anilines is 3. The number of fused-ring (bicyclic) bond motifs is 1. The third-order valence-electron chi connectivity index (χ3n) is 5.26. The number of rotatable bonds is 6. The van der Waals surface area contributed by atoms with Crippen LogP contribution in [0.5, 0.6) is 11.5 Å². The zero-order valence-electron chi connectivity index (χ0n) is 19.4. The van der Waals surface area contributed by atoms with Gasteiger partial charge in [-0.05, 0) is 35.9 Å². The molecule has 0 saturated heterocycles. The number of hydrogen-bond acceptors (Lipinski definition) is 7. The molecule has 0 aliphatic carbocycles. The summed E-state index contributed by atoms with van der Waals surface area (Å²) in [5.41, 5.74) is -0.234. The summed E-state index contributed by atoms with van der Waals surface area (Å²) >= 11 is 0. The first-order valence-electron chi connectivity index (χ1n) is 10.6. The van der Waals surface area contributed by atoms with E-state index < -0.39 is 41.3 Å². The number of alkyl halides is 2. The molecular formula is C24H19F3N4O6. The molecule has 4 rings (SSSR count). The number of nitrogens with one attached hydrogen (secondary N) is 2. The van der Waals surface area contributed by atoms with Gasteiger partial charge < -0.3 is 19.5 Å². The van der Waals surface area contributed by atoms with Crippen LogP contribution in [-0.2, 0) is 16.1 Å². The number of carbonyl (C=O) groups is 3. The Morgan fingerprint density at radius 1 is 1.11 bits per heavy atom. The van der Waals surface area contributed by atoms with Crippen molar-refractivity contribution in [2.45, 2.75) is 12.7 Å². The number of nitrogens with zero attached hydrogens (tertiary/aromatic N) is 2. The third kappa shape index (κ3) is 5.24. The zero-order chi connectivity index (χ0) is 26.7. The lowest BCUT2D eigenvalue weighted by Gasteiger charge is -2.34. The van der Waals surface area contributed by atoms with E-state index in [2.05, 4.69) is 25.1 Å². The first-order valence-corrected chi connectivity index (χ1v) is 10.6. The highest BCUT2D eigenvalue weighted by Crippen LogP contribution is 2.42. The average Bonchev–Trinajstić information content (AvgIpc) is 2.88. The van der Waals surface area contributed by atoms with Gasteiger partial charge in [0.25, 0.3) is 0 Å². The van der Waals surface area contributed by atoms with E-state index in [1.54, 1.807) is 24.3 Å². The van der Waals surface area contributed by atoms with Crippen LogP contribution in [0.1, 0.15) is 15.9 Å². The van der Waals surface area contributed by atoms with Gasteiger partial charge in [0.05, 0.1) is 32.1 Å². The molecule has 1 aliphatic rings. The first kappa shape index (κ1) is 25.3. The summed E-state index contributed by atoms with van der Waals surface area (Å²) < 4.78 is 57.5. The molecule has 3 amide bonds. The highest BCUT2D eigenvalue weighted by Gasteiger charge is 2.50. The van der Waals surface area contributed by atoms with E-state index in [0.29, 0.717) is 17.4 Å². The summed E-state index contributed by atoms with van der Waals surface area (Å²) in [5.74, 6) is -3.80. The number of methoxy groups -OCH3 is 2. The van der Waals surface area contributed by atoms with Gasteiger partial charge in [-0.2, -0.15) is 8.78 Å². The van der Waals surface area contributed by atoms with Gasteiger partial charge in [-0.15, -0.1) is 0 Å². The van der Waals surface area contributed by atoms with Crippen LogP contribution >= 0.6 is 0 Å². The fourth-order valence-electron chi connectivity index (χ4n) is 3.49. The van der Waals surface area contributed by atoms with E-state index in [1.807, 2.05) is 0 Å². The Bertz CT molecular complexity index is 1370. The monoisotopic (exact) mass is 516 g/mol. The second-order valence-electron chi connectivity index (χ2n) is 7.63. The summed E-state index contributed by atoms with van der Waals surface area (Å²) in [7, 11) is 2.60. The number of halogens is 3. The maximum absolute atomic E-state index is 14.8. The Morgan fingerprint density at radius 3 is 2.51 bits per heavy atom. The number of hydrogen-bond donors (Lipinski definition) is 2. The maximum Gasteiger partial charge on any atom is 0.482 e. The normalized spacial score (nSPS) is 13.8. The van der Waals surface area contributed by atoms with Gasteiger partial charge in [0.1, 0.15) is 17.1 Å². The summed E-state index contributed by atoms with van der Waals surface area (Å²) in [6, 6.07) is 9.73. The topological polar surface area (TPSA) is 119 Å². The predicted octanol–water partition coefficient (Wildman–Crippen LogP) is 4.18. The minimum atomic E-state index is -4.23. The third-order valence-corrected chi connectivity index (χ3v) is 5.26. The maximum atomic E-state index is 14.8. The van der Waals surface area contributed by atoms with E-state index in [0.717, 1.165) is 18.1 Å². The number of benzene rings is 2. The lowest BCUT2D eigenvalue weighted by atomic mass is 10.1. The molecule has 10 nitrogen and oxygen atoms in total. The minimum Gasteiger partial charge on any atom is -0.497 e. The Hall–Kier alpha value is -4.81. The van der Waals surface area contributed by atoms with E-state index in [-0.39, 0.29) is 23.6 Å². The molecule has 2 heterocycles. The van der Waals surface area contributed by atoms with Crippen molar-refractivity contribution in [2.75, 3.05) is 29.8 Å². The average molecular weight is 516 g/mol. The molecule has 0 radical (unpaired) electrons. The van der Waals surface area contributed by atoms with Crippen molar-refractivity contribution in [2.24, 2.45) is 0 Å². The zero-order valence-corrected chi connectivity index (χ0v) is 19.4. The highest BCUT2D eigenvalue weighted by atomic mass is 19.3. The molecule has 2 N–H and O–H groups in total. The van der Waals surface area contributed by atoms with Crippen LogP contribution in [0.25, 0.3) is 0 Å². The van der Waals surface area contributed by atoms with Crippen LogP contribution in [0, 0.1) is 5.82 Å². The number of ether oxygens (including phenoxy) is 3. The number of pyridine rings is 1. The van der Waals surface area contributed by atoms with Crippen molar-refractivity contribution in [3.8, 4) is 11.5 Å². The van der Waals surface area contributed by atoms with Crippen molar-refractivity contribution in [3.05, 3.63) is 71.7 Å². The fourth-order valence-corrected chi connectivity index (χ4v) is 3.49. The lowest BCUT2D eigenvalue weighted by molar-refractivity contribution is -0.193. The Labute approximate surface area is 207 Å². The van der Waals surface area contributed by atoms with Crippen molar-refractivity contribution < 1.29 is 41.8 Å². The summed E-state index contributed by atoms with van der Waals surface area (Å²) in [4.78, 5) is 41.5. The summed E-state index contributed by atoms with van der Waals surface area (Å²) in [6.07, 6.45) is -2.93. The first-order chi connectivity index (χ1) is 17.6. The molecule has 2 aromatic carbocycles. The quantitative estimate of drug-likeness (QED) is 0.472. The van der Waals surface area contributed by atoms with Gasteiger partial charge in [0.15, 0.2) is 11.6 Å².